The Morgan fingerprint density at radius 2 is 1.84 bits per heavy atom. The molecule has 0 spiro atoms. The van der Waals surface area contributed by atoms with Crippen LogP contribution < -0.4 is 5.32 Å². The number of rotatable bonds is 1. The average molecular weight is 288 g/mol. The number of nitrogens with zero attached hydrogens (tertiary/aromatic N) is 1. The van der Waals surface area contributed by atoms with Gasteiger partial charge in [0.05, 0.1) is 5.56 Å². The van der Waals surface area contributed by atoms with Crippen molar-refractivity contribution in [2.24, 2.45) is 10.4 Å². The number of benzene rings is 1. The quantitative estimate of drug-likeness (QED) is 0.835. The molecular formula is C13H15F3N2S. The lowest BCUT2D eigenvalue weighted by Crippen LogP contribution is -2.27. The Kier molecular flexibility index (Phi) is 3.80. The molecule has 1 N–H and O–H groups in total. The van der Waals surface area contributed by atoms with Crippen LogP contribution in [0.2, 0.25) is 0 Å². The Labute approximate surface area is 114 Å². The Bertz CT molecular complexity index is 478. The van der Waals surface area contributed by atoms with Crippen LogP contribution in [0.3, 0.4) is 0 Å². The van der Waals surface area contributed by atoms with E-state index in [0.29, 0.717) is 5.69 Å². The van der Waals surface area contributed by atoms with Crippen LogP contribution in [0.5, 0.6) is 0 Å². The van der Waals surface area contributed by atoms with Crippen molar-refractivity contribution in [3.8, 4) is 0 Å². The molecule has 6 heteroatoms. The lowest BCUT2D eigenvalue weighted by molar-refractivity contribution is -0.137. The van der Waals surface area contributed by atoms with Crippen molar-refractivity contribution in [3.63, 3.8) is 0 Å². The fraction of sp³-hybridized carbons (Fsp3) is 0.462. The van der Waals surface area contributed by atoms with Crippen LogP contribution >= 0.6 is 11.8 Å². The highest BCUT2D eigenvalue weighted by Gasteiger charge is 2.30. The van der Waals surface area contributed by atoms with E-state index in [0.717, 1.165) is 29.6 Å². The maximum Gasteiger partial charge on any atom is 0.416 e. The van der Waals surface area contributed by atoms with Gasteiger partial charge in [-0.15, -0.1) is 0 Å². The number of amidine groups is 1. The van der Waals surface area contributed by atoms with Crippen LogP contribution in [-0.2, 0) is 6.18 Å². The molecule has 1 aromatic rings. The van der Waals surface area contributed by atoms with Gasteiger partial charge < -0.3 is 5.32 Å². The Hall–Kier alpha value is -1.17. The second-order valence-corrected chi connectivity index (χ2v) is 6.24. The zero-order valence-corrected chi connectivity index (χ0v) is 11.5. The van der Waals surface area contributed by atoms with Gasteiger partial charge in [0.15, 0.2) is 5.17 Å². The summed E-state index contributed by atoms with van der Waals surface area (Å²) >= 11 is 1.59. The minimum absolute atomic E-state index is 0.177. The summed E-state index contributed by atoms with van der Waals surface area (Å²) in [4.78, 5) is 4.39. The summed E-state index contributed by atoms with van der Waals surface area (Å²) < 4.78 is 37.2. The standard InChI is InChI=1S/C13H15F3N2S/c1-12(2)7-17-11(19-8-12)18-10-5-3-9(4-6-10)13(14,15)16/h3-6H,7-8H2,1-2H3,(H,17,18). The highest BCUT2D eigenvalue weighted by Crippen LogP contribution is 2.31. The van der Waals surface area contributed by atoms with E-state index in [1.54, 1.807) is 11.8 Å². The summed E-state index contributed by atoms with van der Waals surface area (Å²) in [5.41, 5.74) is 0.159. The van der Waals surface area contributed by atoms with Gasteiger partial charge in [-0.3, -0.25) is 4.99 Å². The molecule has 2 nitrogen and oxygen atoms in total. The Balaban J connectivity index is 2.03. The number of aliphatic imine (C=N–C) groups is 1. The summed E-state index contributed by atoms with van der Waals surface area (Å²) in [6.45, 7) is 5.00. The molecule has 0 bridgehead atoms. The lowest BCUT2D eigenvalue weighted by atomic mass is 9.97. The zero-order chi connectivity index (χ0) is 14.1. The topological polar surface area (TPSA) is 24.4 Å². The molecule has 0 amide bonds. The van der Waals surface area contributed by atoms with Gasteiger partial charge in [-0.25, -0.2) is 0 Å². The smallest absolute Gasteiger partial charge is 0.335 e. The van der Waals surface area contributed by atoms with Crippen molar-refractivity contribution < 1.29 is 13.2 Å². The normalized spacial score (nSPS) is 18.9. The number of alkyl halides is 3. The summed E-state index contributed by atoms with van der Waals surface area (Å²) in [5.74, 6) is 0.944. The molecule has 1 aliphatic rings. The van der Waals surface area contributed by atoms with Crippen LogP contribution in [0.25, 0.3) is 0 Å². The van der Waals surface area contributed by atoms with Crippen molar-refractivity contribution in [3.05, 3.63) is 29.8 Å². The van der Waals surface area contributed by atoms with E-state index in [1.807, 2.05) is 0 Å². The highest BCUT2D eigenvalue weighted by molar-refractivity contribution is 8.14. The summed E-state index contributed by atoms with van der Waals surface area (Å²) in [7, 11) is 0. The van der Waals surface area contributed by atoms with E-state index >= 15 is 0 Å². The van der Waals surface area contributed by atoms with Gasteiger partial charge >= 0.3 is 6.18 Å². The van der Waals surface area contributed by atoms with E-state index in [4.69, 9.17) is 0 Å². The summed E-state index contributed by atoms with van der Waals surface area (Å²) in [6, 6.07) is 4.98. The van der Waals surface area contributed by atoms with Crippen molar-refractivity contribution >= 4 is 22.6 Å². The molecular weight excluding hydrogens is 273 g/mol. The first-order chi connectivity index (χ1) is 8.76. The van der Waals surface area contributed by atoms with Gasteiger partial charge in [0.1, 0.15) is 0 Å². The molecule has 0 aliphatic carbocycles. The minimum Gasteiger partial charge on any atom is -0.335 e. The van der Waals surface area contributed by atoms with E-state index in [1.165, 1.54) is 12.1 Å². The SMILES string of the molecule is CC1(C)CN=C(Nc2ccc(C(F)(F)F)cc2)SC1. The molecule has 0 unspecified atom stereocenters. The number of hydrogen-bond donors (Lipinski definition) is 1. The molecule has 104 valence electrons. The number of nitrogens with one attached hydrogen (secondary N) is 1. The summed E-state index contributed by atoms with van der Waals surface area (Å²) in [5, 5.41) is 3.81. The molecule has 0 fully saturated rings. The third-order valence-electron chi connectivity index (χ3n) is 2.71. The van der Waals surface area contributed by atoms with Gasteiger partial charge in [0.25, 0.3) is 0 Å². The van der Waals surface area contributed by atoms with Crippen molar-refractivity contribution in [1.82, 2.24) is 0 Å². The number of thioether (sulfide) groups is 1. The van der Waals surface area contributed by atoms with Crippen molar-refractivity contribution in [2.45, 2.75) is 20.0 Å². The number of hydrogen-bond acceptors (Lipinski definition) is 3. The predicted molar refractivity (Wildman–Crippen MR) is 73.6 cm³/mol. The van der Waals surface area contributed by atoms with Crippen molar-refractivity contribution in [1.29, 1.82) is 0 Å². The number of halogens is 3. The van der Waals surface area contributed by atoms with Gasteiger partial charge in [0.2, 0.25) is 0 Å². The number of anilines is 1. The van der Waals surface area contributed by atoms with E-state index < -0.39 is 11.7 Å². The second-order valence-electron chi connectivity index (χ2n) is 5.27. The molecule has 0 aromatic heterocycles. The summed E-state index contributed by atoms with van der Waals surface area (Å²) in [6.07, 6.45) is -4.29. The van der Waals surface area contributed by atoms with E-state index in [2.05, 4.69) is 24.2 Å². The van der Waals surface area contributed by atoms with Crippen LogP contribution in [0.4, 0.5) is 18.9 Å². The Morgan fingerprint density at radius 3 is 2.32 bits per heavy atom. The molecule has 0 radical (unpaired) electrons. The van der Waals surface area contributed by atoms with Crippen LogP contribution in [-0.4, -0.2) is 17.5 Å². The van der Waals surface area contributed by atoms with Crippen molar-refractivity contribution in [2.75, 3.05) is 17.6 Å². The molecule has 0 saturated carbocycles. The largest absolute Gasteiger partial charge is 0.416 e. The molecule has 1 heterocycles. The lowest BCUT2D eigenvalue weighted by Gasteiger charge is -2.27. The first-order valence-corrected chi connectivity index (χ1v) is 6.86. The minimum atomic E-state index is -4.29. The van der Waals surface area contributed by atoms with E-state index in [-0.39, 0.29) is 5.41 Å². The van der Waals surface area contributed by atoms with Crippen LogP contribution in [0, 0.1) is 5.41 Å². The first kappa shape index (κ1) is 14.2. The molecule has 0 saturated heterocycles. The molecule has 1 aliphatic heterocycles. The van der Waals surface area contributed by atoms with Gasteiger partial charge in [-0.1, -0.05) is 25.6 Å². The van der Waals surface area contributed by atoms with Crippen LogP contribution in [0.1, 0.15) is 19.4 Å². The zero-order valence-electron chi connectivity index (χ0n) is 10.7. The first-order valence-electron chi connectivity index (χ1n) is 5.88. The predicted octanol–water partition coefficient (Wildman–Crippen LogP) is 4.25. The maximum atomic E-state index is 12.4. The van der Waals surface area contributed by atoms with Gasteiger partial charge in [0, 0.05) is 18.0 Å². The Morgan fingerprint density at radius 1 is 1.21 bits per heavy atom. The molecule has 0 atom stereocenters. The molecule has 19 heavy (non-hydrogen) atoms. The average Bonchev–Trinajstić information content (AvgIpc) is 2.31. The molecule has 2 rings (SSSR count). The third kappa shape index (κ3) is 3.89. The highest BCUT2D eigenvalue weighted by atomic mass is 32.2. The fourth-order valence-corrected chi connectivity index (χ4v) is 2.55. The second kappa shape index (κ2) is 5.07. The van der Waals surface area contributed by atoms with E-state index in [9.17, 15) is 13.2 Å². The fourth-order valence-electron chi connectivity index (χ4n) is 1.58. The molecule has 1 aromatic carbocycles. The monoisotopic (exact) mass is 288 g/mol. The van der Waals surface area contributed by atoms with Gasteiger partial charge in [-0.2, -0.15) is 13.2 Å². The van der Waals surface area contributed by atoms with Crippen LogP contribution in [0.15, 0.2) is 29.3 Å². The maximum absolute atomic E-state index is 12.4. The third-order valence-corrected chi connectivity index (χ3v) is 4.14. The van der Waals surface area contributed by atoms with Gasteiger partial charge in [-0.05, 0) is 29.7 Å².